The van der Waals surface area contributed by atoms with Crippen molar-refractivity contribution in [1.29, 1.82) is 0 Å². The Balaban J connectivity index is 1.48. The van der Waals surface area contributed by atoms with Crippen LogP contribution in [0.4, 0.5) is 0 Å². The van der Waals surface area contributed by atoms with Gasteiger partial charge in [0.15, 0.2) is 11.2 Å². The molecule has 0 radical (unpaired) electrons. The number of nitrogens with one attached hydrogen (secondary N) is 1. The number of hydrogen-bond donors (Lipinski definition) is 1. The summed E-state index contributed by atoms with van der Waals surface area (Å²) in [6.07, 6.45) is 2.63. The van der Waals surface area contributed by atoms with Crippen LogP contribution in [0.15, 0.2) is 88.5 Å². The highest BCUT2D eigenvalue weighted by Crippen LogP contribution is 2.30. The molecule has 0 spiro atoms. The van der Waals surface area contributed by atoms with E-state index in [0.717, 1.165) is 46.5 Å². The minimum atomic E-state index is -0.435. The van der Waals surface area contributed by atoms with Gasteiger partial charge >= 0.3 is 5.69 Å². The molecule has 3 aromatic carbocycles. The quantitative estimate of drug-likeness (QED) is 0.199. The van der Waals surface area contributed by atoms with Crippen molar-refractivity contribution in [2.75, 3.05) is 0 Å². The lowest BCUT2D eigenvalue weighted by molar-refractivity contribution is 0.475. The third-order valence-corrected chi connectivity index (χ3v) is 8.23. The van der Waals surface area contributed by atoms with Crippen LogP contribution in [0.5, 0.6) is 0 Å². The molecule has 0 bridgehead atoms. The topological polar surface area (TPSA) is 116 Å². The molecule has 0 saturated heterocycles. The molecule has 3 aromatic heterocycles. The second-order valence-electron chi connectivity index (χ2n) is 11.9. The van der Waals surface area contributed by atoms with Crippen molar-refractivity contribution in [3.05, 3.63) is 117 Å². The molecular weight excluding hydrogens is 564 g/mol. The normalized spacial score (nSPS) is 12.3. The van der Waals surface area contributed by atoms with Gasteiger partial charge in [-0.15, -0.1) is 10.2 Å². The van der Waals surface area contributed by atoms with E-state index in [9.17, 15) is 9.59 Å². The number of imidazole rings is 1. The van der Waals surface area contributed by atoms with Crippen molar-refractivity contribution in [3.63, 3.8) is 0 Å². The monoisotopic (exact) mass is 602 g/mol. The van der Waals surface area contributed by atoms with Crippen molar-refractivity contribution in [2.24, 2.45) is 5.92 Å². The van der Waals surface area contributed by atoms with E-state index in [0.29, 0.717) is 36.5 Å². The molecule has 3 heterocycles. The second kappa shape index (κ2) is 12.9. The van der Waals surface area contributed by atoms with Crippen LogP contribution in [0, 0.1) is 5.92 Å². The average Bonchev–Trinajstić information content (AvgIpc) is 3.72. The minimum Gasteiger partial charge on any atom is -0.318 e. The maximum atomic E-state index is 14.4. The summed E-state index contributed by atoms with van der Waals surface area (Å²) in [6, 6.07) is 25.5. The fraction of sp³-hybridized carbons (Fsp3) is 0.314. The van der Waals surface area contributed by atoms with Crippen LogP contribution < -0.4 is 11.2 Å². The molecule has 45 heavy (non-hydrogen) atoms. The zero-order chi connectivity index (χ0) is 31.5. The van der Waals surface area contributed by atoms with Gasteiger partial charge in [0.1, 0.15) is 5.82 Å². The zero-order valence-corrected chi connectivity index (χ0v) is 26.1. The van der Waals surface area contributed by atoms with E-state index in [2.05, 4.69) is 65.7 Å². The number of aromatic amines is 1. The molecule has 0 aliphatic rings. The van der Waals surface area contributed by atoms with E-state index in [-0.39, 0.29) is 17.2 Å². The lowest BCUT2D eigenvalue weighted by Gasteiger charge is -2.19. The summed E-state index contributed by atoms with van der Waals surface area (Å²) in [7, 11) is 0. The summed E-state index contributed by atoms with van der Waals surface area (Å²) in [5, 5.41) is 14.6. The Kier molecular flexibility index (Phi) is 8.55. The SMILES string of the molecule is CCCCc1nc2c(c(=O)n(C(C)c3ccccc3)c(=O)n2CC(C)C)n1Cc1ccc(-c2ccccc2-c2nn[nH]n2)cc1. The molecule has 0 saturated carbocycles. The second-order valence-corrected chi connectivity index (χ2v) is 11.9. The van der Waals surface area contributed by atoms with Gasteiger partial charge in [0.05, 0.1) is 6.04 Å². The molecule has 1 N–H and O–H groups in total. The van der Waals surface area contributed by atoms with Gasteiger partial charge in [-0.05, 0) is 46.7 Å². The Morgan fingerprint density at radius 3 is 2.22 bits per heavy atom. The Hall–Kier alpha value is -5.12. The van der Waals surface area contributed by atoms with Crippen LogP contribution in [0.25, 0.3) is 33.7 Å². The van der Waals surface area contributed by atoms with Gasteiger partial charge in [0, 0.05) is 25.1 Å². The number of aryl methyl sites for hydroxylation is 1. The summed E-state index contributed by atoms with van der Waals surface area (Å²) in [6.45, 7) is 9.12. The maximum Gasteiger partial charge on any atom is 0.333 e. The molecule has 6 aromatic rings. The third kappa shape index (κ3) is 5.87. The first-order valence-electron chi connectivity index (χ1n) is 15.6. The number of tetrazole rings is 1. The number of hydrogen-bond acceptors (Lipinski definition) is 6. The highest BCUT2D eigenvalue weighted by Gasteiger charge is 2.25. The number of unbranched alkanes of at least 4 members (excludes halogenated alkanes) is 1. The summed E-state index contributed by atoms with van der Waals surface area (Å²) < 4.78 is 5.13. The van der Waals surface area contributed by atoms with Crippen molar-refractivity contribution in [1.82, 2.24) is 39.3 Å². The van der Waals surface area contributed by atoms with Gasteiger partial charge in [-0.25, -0.2) is 9.78 Å². The van der Waals surface area contributed by atoms with E-state index in [1.54, 1.807) is 4.57 Å². The predicted molar refractivity (Wildman–Crippen MR) is 176 cm³/mol. The lowest BCUT2D eigenvalue weighted by atomic mass is 9.98. The zero-order valence-electron chi connectivity index (χ0n) is 26.1. The molecule has 10 heteroatoms. The van der Waals surface area contributed by atoms with Gasteiger partial charge in [0.25, 0.3) is 5.56 Å². The largest absolute Gasteiger partial charge is 0.333 e. The van der Waals surface area contributed by atoms with Crippen LogP contribution in [0.3, 0.4) is 0 Å². The molecule has 1 atom stereocenters. The smallest absolute Gasteiger partial charge is 0.318 e. The number of rotatable bonds is 11. The average molecular weight is 603 g/mol. The Morgan fingerprint density at radius 1 is 0.844 bits per heavy atom. The lowest BCUT2D eigenvalue weighted by Crippen LogP contribution is -2.43. The maximum absolute atomic E-state index is 14.4. The van der Waals surface area contributed by atoms with Crippen molar-refractivity contribution < 1.29 is 0 Å². The fourth-order valence-electron chi connectivity index (χ4n) is 5.93. The van der Waals surface area contributed by atoms with Gasteiger partial charge in [0.2, 0.25) is 5.82 Å². The van der Waals surface area contributed by atoms with Crippen LogP contribution in [-0.4, -0.2) is 39.3 Å². The van der Waals surface area contributed by atoms with Crippen LogP contribution in [0.2, 0.25) is 0 Å². The molecule has 6 rings (SSSR count). The van der Waals surface area contributed by atoms with E-state index in [1.165, 1.54) is 4.57 Å². The van der Waals surface area contributed by atoms with Crippen molar-refractivity contribution in [2.45, 2.75) is 66.1 Å². The summed E-state index contributed by atoms with van der Waals surface area (Å²) in [5.74, 6) is 1.54. The summed E-state index contributed by atoms with van der Waals surface area (Å²) in [4.78, 5) is 33.3. The first kappa shape index (κ1) is 29.9. The summed E-state index contributed by atoms with van der Waals surface area (Å²) >= 11 is 0. The van der Waals surface area contributed by atoms with Crippen molar-refractivity contribution >= 4 is 11.2 Å². The van der Waals surface area contributed by atoms with E-state index >= 15 is 0 Å². The van der Waals surface area contributed by atoms with Gasteiger partial charge < -0.3 is 4.57 Å². The fourth-order valence-corrected chi connectivity index (χ4v) is 5.93. The van der Waals surface area contributed by atoms with Crippen LogP contribution in [-0.2, 0) is 19.5 Å². The van der Waals surface area contributed by atoms with Gasteiger partial charge in [-0.2, -0.15) is 5.21 Å². The number of benzene rings is 3. The molecular formula is C35H38N8O2. The number of nitrogens with zero attached hydrogens (tertiary/aromatic N) is 7. The Bertz CT molecular complexity index is 2020. The Morgan fingerprint density at radius 2 is 1.56 bits per heavy atom. The molecule has 0 amide bonds. The number of fused-ring (bicyclic) bond motifs is 1. The van der Waals surface area contributed by atoms with E-state index in [1.807, 2.05) is 66.1 Å². The number of aromatic nitrogens is 8. The van der Waals surface area contributed by atoms with Gasteiger partial charge in [-0.3, -0.25) is 13.9 Å². The molecule has 230 valence electrons. The first-order valence-corrected chi connectivity index (χ1v) is 15.6. The molecule has 0 fully saturated rings. The predicted octanol–water partition coefficient (Wildman–Crippen LogP) is 5.86. The molecule has 0 aliphatic heterocycles. The van der Waals surface area contributed by atoms with Crippen LogP contribution >= 0.6 is 0 Å². The summed E-state index contributed by atoms with van der Waals surface area (Å²) in [5.41, 5.74) is 5.13. The highest BCUT2D eigenvalue weighted by atomic mass is 16.2. The third-order valence-electron chi connectivity index (χ3n) is 8.23. The van der Waals surface area contributed by atoms with E-state index < -0.39 is 6.04 Å². The van der Waals surface area contributed by atoms with E-state index in [4.69, 9.17) is 4.98 Å². The standard InChI is InChI=1S/C35H38N8O2/c1-5-6-16-30-36-33-31(34(44)43(35(45)42(33)21-23(2)3)24(4)26-12-8-7-9-13-26)41(30)22-25-17-19-27(20-18-25)28-14-10-11-15-29(28)32-37-39-40-38-32/h7-15,17-20,23-24H,5-6,16,21-22H2,1-4H3,(H,37,38,39,40). The molecule has 10 nitrogen and oxygen atoms in total. The van der Waals surface area contributed by atoms with Gasteiger partial charge in [-0.1, -0.05) is 106 Å². The highest BCUT2D eigenvalue weighted by molar-refractivity contribution is 5.80. The van der Waals surface area contributed by atoms with Crippen LogP contribution in [0.1, 0.15) is 63.5 Å². The van der Waals surface area contributed by atoms with Crippen molar-refractivity contribution in [3.8, 4) is 22.5 Å². The minimum absolute atomic E-state index is 0.191. The molecule has 1 unspecified atom stereocenters. The molecule has 0 aliphatic carbocycles. The Labute approximate surface area is 261 Å². The first-order chi connectivity index (χ1) is 21.9. The number of H-pyrrole nitrogens is 1.